The van der Waals surface area contributed by atoms with Crippen molar-refractivity contribution in [3.8, 4) is 0 Å². The van der Waals surface area contributed by atoms with E-state index in [0.717, 1.165) is 6.54 Å². The van der Waals surface area contributed by atoms with Crippen molar-refractivity contribution >= 4 is 21.8 Å². The molecule has 1 rings (SSSR count). The number of furan rings is 1. The van der Waals surface area contributed by atoms with Crippen molar-refractivity contribution in [1.29, 1.82) is 0 Å². The number of carbonyl (C=O) groups excluding carboxylic acids is 1. The van der Waals surface area contributed by atoms with Gasteiger partial charge in [-0.05, 0) is 41.5 Å². The van der Waals surface area contributed by atoms with Gasteiger partial charge < -0.3 is 14.6 Å². The van der Waals surface area contributed by atoms with Gasteiger partial charge >= 0.3 is 0 Å². The molecule has 5 heteroatoms. The van der Waals surface area contributed by atoms with Gasteiger partial charge in [-0.25, -0.2) is 0 Å². The standard InChI is InChI=1S/C12H19BrN2O2/c1-12(2,8-15(3)4)7-14-11(16)9-5-6-17-10(9)13/h5-6H,7-8H2,1-4H3,(H,14,16). The van der Waals surface area contributed by atoms with E-state index in [2.05, 4.69) is 40.0 Å². The molecule has 0 aliphatic heterocycles. The van der Waals surface area contributed by atoms with Crippen LogP contribution in [0.15, 0.2) is 21.4 Å². The van der Waals surface area contributed by atoms with Crippen LogP contribution in [0.2, 0.25) is 0 Å². The van der Waals surface area contributed by atoms with E-state index in [1.165, 1.54) is 6.26 Å². The van der Waals surface area contributed by atoms with Gasteiger partial charge in [0.25, 0.3) is 5.91 Å². The van der Waals surface area contributed by atoms with Gasteiger partial charge in [0, 0.05) is 13.1 Å². The quantitative estimate of drug-likeness (QED) is 0.908. The molecule has 4 nitrogen and oxygen atoms in total. The van der Waals surface area contributed by atoms with Crippen LogP contribution in [0, 0.1) is 5.41 Å². The Hall–Kier alpha value is -0.810. The fourth-order valence-electron chi connectivity index (χ4n) is 1.78. The van der Waals surface area contributed by atoms with E-state index in [1.54, 1.807) is 6.07 Å². The Kier molecular flexibility index (Phi) is 4.77. The number of hydrogen-bond acceptors (Lipinski definition) is 3. The summed E-state index contributed by atoms with van der Waals surface area (Å²) >= 11 is 3.19. The van der Waals surface area contributed by atoms with Crippen molar-refractivity contribution in [2.24, 2.45) is 5.41 Å². The Balaban J connectivity index is 2.51. The minimum atomic E-state index is -0.113. The maximum Gasteiger partial charge on any atom is 0.255 e. The minimum Gasteiger partial charge on any atom is -0.457 e. The van der Waals surface area contributed by atoms with Crippen LogP contribution in [0.3, 0.4) is 0 Å². The first kappa shape index (κ1) is 14.3. The minimum absolute atomic E-state index is 0.0371. The third-order valence-corrected chi connectivity index (χ3v) is 2.95. The number of hydrogen-bond donors (Lipinski definition) is 1. The zero-order valence-electron chi connectivity index (χ0n) is 10.7. The smallest absolute Gasteiger partial charge is 0.255 e. The lowest BCUT2D eigenvalue weighted by Gasteiger charge is -2.28. The molecule has 0 spiro atoms. The van der Waals surface area contributed by atoms with Gasteiger partial charge in [-0.2, -0.15) is 0 Å². The van der Waals surface area contributed by atoms with E-state index in [9.17, 15) is 4.79 Å². The van der Waals surface area contributed by atoms with E-state index in [-0.39, 0.29) is 11.3 Å². The van der Waals surface area contributed by atoms with Gasteiger partial charge in [0.05, 0.1) is 11.8 Å². The van der Waals surface area contributed by atoms with Crippen LogP contribution >= 0.6 is 15.9 Å². The molecule has 1 aromatic rings. The SMILES string of the molecule is CN(C)CC(C)(C)CNC(=O)c1ccoc1Br. The Morgan fingerprint density at radius 1 is 1.53 bits per heavy atom. The van der Waals surface area contributed by atoms with Gasteiger partial charge in [-0.1, -0.05) is 13.8 Å². The summed E-state index contributed by atoms with van der Waals surface area (Å²) in [5.74, 6) is -0.113. The Morgan fingerprint density at radius 2 is 2.18 bits per heavy atom. The Bertz CT molecular complexity index is 386. The van der Waals surface area contributed by atoms with Crippen molar-refractivity contribution in [2.75, 3.05) is 27.2 Å². The first-order valence-electron chi connectivity index (χ1n) is 5.48. The van der Waals surface area contributed by atoms with Crippen LogP contribution in [0.5, 0.6) is 0 Å². The molecular weight excluding hydrogens is 284 g/mol. The largest absolute Gasteiger partial charge is 0.457 e. The van der Waals surface area contributed by atoms with Crippen LogP contribution in [-0.2, 0) is 0 Å². The first-order chi connectivity index (χ1) is 7.82. The van der Waals surface area contributed by atoms with Crippen LogP contribution in [0.25, 0.3) is 0 Å². The predicted octanol–water partition coefficient (Wildman–Crippen LogP) is 2.36. The number of rotatable bonds is 5. The Morgan fingerprint density at radius 3 is 2.65 bits per heavy atom. The van der Waals surface area contributed by atoms with Crippen LogP contribution in [0.1, 0.15) is 24.2 Å². The molecule has 0 radical (unpaired) electrons. The highest BCUT2D eigenvalue weighted by molar-refractivity contribution is 9.10. The molecule has 0 aliphatic carbocycles. The van der Waals surface area contributed by atoms with Crippen LogP contribution in [0.4, 0.5) is 0 Å². The summed E-state index contributed by atoms with van der Waals surface area (Å²) in [7, 11) is 4.05. The normalized spacial score (nSPS) is 11.9. The summed E-state index contributed by atoms with van der Waals surface area (Å²) in [5.41, 5.74) is 0.570. The van der Waals surface area contributed by atoms with Gasteiger partial charge in [0.15, 0.2) is 4.67 Å². The second-order valence-electron chi connectivity index (χ2n) is 5.19. The molecule has 96 valence electrons. The summed E-state index contributed by atoms with van der Waals surface area (Å²) < 4.78 is 5.50. The molecule has 0 saturated heterocycles. The second kappa shape index (κ2) is 5.69. The maximum absolute atomic E-state index is 11.8. The predicted molar refractivity (Wildman–Crippen MR) is 71.1 cm³/mol. The van der Waals surface area contributed by atoms with Crippen molar-refractivity contribution in [3.63, 3.8) is 0 Å². The lowest BCUT2D eigenvalue weighted by molar-refractivity contribution is 0.0927. The number of carbonyl (C=O) groups is 1. The van der Waals surface area contributed by atoms with E-state index in [0.29, 0.717) is 16.8 Å². The lowest BCUT2D eigenvalue weighted by Crippen LogP contribution is -2.39. The molecule has 0 bridgehead atoms. The van der Waals surface area contributed by atoms with Gasteiger partial charge in [-0.3, -0.25) is 4.79 Å². The van der Waals surface area contributed by atoms with E-state index in [1.807, 2.05) is 14.1 Å². The number of nitrogens with zero attached hydrogens (tertiary/aromatic N) is 1. The van der Waals surface area contributed by atoms with Gasteiger partial charge in [0.2, 0.25) is 0 Å². The average Bonchev–Trinajstić information content (AvgIpc) is 2.59. The van der Waals surface area contributed by atoms with Gasteiger partial charge in [-0.15, -0.1) is 0 Å². The van der Waals surface area contributed by atoms with Crippen molar-refractivity contribution < 1.29 is 9.21 Å². The average molecular weight is 303 g/mol. The number of nitrogens with one attached hydrogen (secondary N) is 1. The third kappa shape index (κ3) is 4.52. The molecule has 17 heavy (non-hydrogen) atoms. The van der Waals surface area contributed by atoms with Crippen molar-refractivity contribution in [1.82, 2.24) is 10.2 Å². The highest BCUT2D eigenvalue weighted by Gasteiger charge is 2.21. The van der Waals surface area contributed by atoms with Crippen LogP contribution in [-0.4, -0.2) is 38.0 Å². The molecule has 1 aromatic heterocycles. The third-order valence-electron chi connectivity index (χ3n) is 2.33. The topological polar surface area (TPSA) is 45.5 Å². The number of halogens is 1. The summed E-state index contributed by atoms with van der Waals surface area (Å²) in [6.45, 7) is 5.79. The van der Waals surface area contributed by atoms with Crippen molar-refractivity contribution in [3.05, 3.63) is 22.6 Å². The summed E-state index contributed by atoms with van der Waals surface area (Å²) in [4.78, 5) is 14.0. The molecule has 0 aromatic carbocycles. The highest BCUT2D eigenvalue weighted by atomic mass is 79.9. The molecular formula is C12H19BrN2O2. The summed E-state index contributed by atoms with van der Waals surface area (Å²) in [6.07, 6.45) is 1.49. The summed E-state index contributed by atoms with van der Waals surface area (Å²) in [5, 5.41) is 2.92. The van der Waals surface area contributed by atoms with E-state index < -0.39 is 0 Å². The monoisotopic (exact) mass is 302 g/mol. The maximum atomic E-state index is 11.8. The molecule has 0 atom stereocenters. The van der Waals surface area contributed by atoms with Crippen molar-refractivity contribution in [2.45, 2.75) is 13.8 Å². The molecule has 0 fully saturated rings. The lowest BCUT2D eigenvalue weighted by atomic mass is 9.93. The molecule has 0 unspecified atom stereocenters. The molecule has 1 amide bonds. The zero-order valence-corrected chi connectivity index (χ0v) is 12.3. The van der Waals surface area contributed by atoms with E-state index in [4.69, 9.17) is 4.42 Å². The first-order valence-corrected chi connectivity index (χ1v) is 6.27. The fraction of sp³-hybridized carbons (Fsp3) is 0.583. The van der Waals surface area contributed by atoms with Crippen LogP contribution < -0.4 is 5.32 Å². The fourth-order valence-corrected chi connectivity index (χ4v) is 2.20. The zero-order chi connectivity index (χ0) is 13.1. The number of amides is 1. The second-order valence-corrected chi connectivity index (χ2v) is 5.91. The Labute approximate surface area is 110 Å². The highest BCUT2D eigenvalue weighted by Crippen LogP contribution is 2.18. The molecule has 0 saturated carbocycles. The molecule has 1 heterocycles. The summed E-state index contributed by atoms with van der Waals surface area (Å²) in [6, 6.07) is 1.65. The molecule has 1 N–H and O–H groups in total. The molecule has 0 aliphatic rings. The van der Waals surface area contributed by atoms with E-state index >= 15 is 0 Å². The van der Waals surface area contributed by atoms with Gasteiger partial charge in [0.1, 0.15) is 0 Å².